The number of esters is 1. The number of carbonyl (C=O) groups is 3. The maximum absolute atomic E-state index is 12.5. The fraction of sp³-hybridized carbons (Fsp3) is 0.286. The minimum atomic E-state index is -0.424. The zero-order valence-electron chi connectivity index (χ0n) is 16.1. The van der Waals surface area contributed by atoms with Crippen molar-refractivity contribution in [1.29, 1.82) is 0 Å². The monoisotopic (exact) mass is 399 g/mol. The molecular weight excluding hydrogens is 378 g/mol. The van der Waals surface area contributed by atoms with Crippen LogP contribution in [0.15, 0.2) is 39.7 Å². The van der Waals surface area contributed by atoms with Gasteiger partial charge in [-0.15, -0.1) is 0 Å². The van der Waals surface area contributed by atoms with E-state index in [1.165, 1.54) is 12.0 Å². The molecule has 0 spiro atoms. The molecule has 28 heavy (non-hydrogen) atoms. The molecule has 0 aliphatic carbocycles. The molecule has 1 aliphatic heterocycles. The van der Waals surface area contributed by atoms with E-state index in [9.17, 15) is 14.4 Å². The second-order valence-corrected chi connectivity index (χ2v) is 7.53. The molecule has 1 fully saturated rings. The third kappa shape index (κ3) is 3.75. The lowest BCUT2D eigenvalue weighted by molar-refractivity contribution is -0.124. The molecule has 1 saturated heterocycles. The van der Waals surface area contributed by atoms with E-state index in [4.69, 9.17) is 9.15 Å². The summed E-state index contributed by atoms with van der Waals surface area (Å²) in [6.07, 6.45) is 2.28. The summed E-state index contributed by atoms with van der Waals surface area (Å²) in [6, 6.07) is 8.58. The molecule has 0 saturated carbocycles. The summed E-state index contributed by atoms with van der Waals surface area (Å²) in [5.74, 6) is 0.307. The second-order valence-electron chi connectivity index (χ2n) is 6.53. The van der Waals surface area contributed by atoms with Gasteiger partial charge < -0.3 is 9.15 Å². The van der Waals surface area contributed by atoms with Crippen molar-refractivity contribution in [1.82, 2.24) is 4.90 Å². The van der Waals surface area contributed by atoms with Crippen LogP contribution in [-0.4, -0.2) is 35.2 Å². The number of hydrogen-bond donors (Lipinski definition) is 0. The standard InChI is InChI=1S/C21H21NO5S/c1-5-13(3)22-19(23)18(28-21(22)25)11-15-8-9-17(27-15)16-10-14(20(24)26-4)7-6-12(16)2/h6-11,13H,5H2,1-4H3/b18-11+/t13-/m0/s1. The molecule has 146 valence electrons. The molecular formula is C21H21NO5S. The molecule has 1 atom stereocenters. The first-order chi connectivity index (χ1) is 13.3. The van der Waals surface area contributed by atoms with Gasteiger partial charge in [0.1, 0.15) is 11.5 Å². The van der Waals surface area contributed by atoms with E-state index in [2.05, 4.69) is 0 Å². The van der Waals surface area contributed by atoms with Crippen LogP contribution >= 0.6 is 11.8 Å². The van der Waals surface area contributed by atoms with Crippen LogP contribution in [-0.2, 0) is 9.53 Å². The highest BCUT2D eigenvalue weighted by Crippen LogP contribution is 2.35. The van der Waals surface area contributed by atoms with Crippen molar-refractivity contribution in [3.8, 4) is 11.3 Å². The van der Waals surface area contributed by atoms with E-state index in [-0.39, 0.29) is 17.2 Å². The number of furan rings is 1. The molecule has 0 N–H and O–H groups in total. The van der Waals surface area contributed by atoms with E-state index < -0.39 is 5.97 Å². The van der Waals surface area contributed by atoms with Crippen LogP contribution in [0.1, 0.15) is 41.9 Å². The Morgan fingerprint density at radius 3 is 2.71 bits per heavy atom. The van der Waals surface area contributed by atoms with Gasteiger partial charge in [-0.2, -0.15) is 0 Å². The van der Waals surface area contributed by atoms with Crippen molar-refractivity contribution in [2.75, 3.05) is 7.11 Å². The number of hydrogen-bond acceptors (Lipinski definition) is 6. The minimum Gasteiger partial charge on any atom is -0.465 e. The van der Waals surface area contributed by atoms with E-state index in [0.717, 1.165) is 22.9 Å². The van der Waals surface area contributed by atoms with Crippen LogP contribution in [0.3, 0.4) is 0 Å². The number of carbonyl (C=O) groups excluding carboxylic acids is 3. The normalized spacial score (nSPS) is 16.7. The number of aryl methyl sites for hydroxylation is 1. The Morgan fingerprint density at radius 2 is 2.04 bits per heavy atom. The van der Waals surface area contributed by atoms with Crippen LogP contribution in [0.2, 0.25) is 0 Å². The topological polar surface area (TPSA) is 76.8 Å². The first-order valence-electron chi connectivity index (χ1n) is 8.92. The van der Waals surface area contributed by atoms with E-state index >= 15 is 0 Å². The summed E-state index contributed by atoms with van der Waals surface area (Å²) < 4.78 is 10.6. The highest BCUT2D eigenvalue weighted by atomic mass is 32.2. The lowest BCUT2D eigenvalue weighted by Gasteiger charge is -2.19. The average Bonchev–Trinajstić information content (AvgIpc) is 3.25. The van der Waals surface area contributed by atoms with Crippen molar-refractivity contribution in [2.45, 2.75) is 33.2 Å². The van der Waals surface area contributed by atoms with E-state index in [0.29, 0.717) is 28.4 Å². The number of imide groups is 1. The lowest BCUT2D eigenvalue weighted by atomic mass is 10.0. The Labute approximate surface area is 167 Å². The van der Waals surface area contributed by atoms with Crippen molar-refractivity contribution >= 4 is 35.0 Å². The second kappa shape index (κ2) is 8.06. The van der Waals surface area contributed by atoms with Crippen LogP contribution in [0.5, 0.6) is 0 Å². The van der Waals surface area contributed by atoms with Crippen molar-refractivity contribution in [3.05, 3.63) is 52.1 Å². The van der Waals surface area contributed by atoms with Gasteiger partial charge in [0.05, 0.1) is 17.6 Å². The van der Waals surface area contributed by atoms with Gasteiger partial charge in [0.15, 0.2) is 0 Å². The Balaban J connectivity index is 1.90. The Hall–Kier alpha value is -2.80. The highest BCUT2D eigenvalue weighted by molar-refractivity contribution is 8.18. The molecule has 6 nitrogen and oxygen atoms in total. The van der Waals surface area contributed by atoms with Gasteiger partial charge in [-0.3, -0.25) is 14.5 Å². The molecule has 3 rings (SSSR count). The molecule has 2 amide bonds. The summed E-state index contributed by atoms with van der Waals surface area (Å²) in [5, 5.41) is -0.265. The molecule has 2 aromatic rings. The predicted octanol–water partition coefficient (Wildman–Crippen LogP) is 4.88. The maximum Gasteiger partial charge on any atom is 0.337 e. The van der Waals surface area contributed by atoms with Crippen LogP contribution in [0.25, 0.3) is 17.4 Å². The van der Waals surface area contributed by atoms with Crippen molar-refractivity contribution in [3.63, 3.8) is 0 Å². The minimum absolute atomic E-state index is 0.144. The zero-order valence-corrected chi connectivity index (χ0v) is 17.0. The van der Waals surface area contributed by atoms with E-state index in [1.807, 2.05) is 26.8 Å². The summed E-state index contributed by atoms with van der Waals surface area (Å²) in [6.45, 7) is 5.69. The summed E-state index contributed by atoms with van der Waals surface area (Å²) in [4.78, 5) is 38.1. The third-order valence-corrected chi connectivity index (χ3v) is 5.56. The molecule has 2 heterocycles. The zero-order chi connectivity index (χ0) is 20.4. The molecule has 1 aromatic carbocycles. The van der Waals surface area contributed by atoms with Gasteiger partial charge in [0, 0.05) is 17.7 Å². The predicted molar refractivity (Wildman–Crippen MR) is 108 cm³/mol. The maximum atomic E-state index is 12.5. The number of amides is 2. The smallest absolute Gasteiger partial charge is 0.337 e. The number of thioether (sulfide) groups is 1. The molecule has 1 aliphatic rings. The van der Waals surface area contributed by atoms with Crippen LogP contribution in [0, 0.1) is 6.92 Å². The lowest BCUT2D eigenvalue weighted by Crippen LogP contribution is -2.36. The fourth-order valence-corrected chi connectivity index (χ4v) is 3.79. The van der Waals surface area contributed by atoms with Gasteiger partial charge in [-0.1, -0.05) is 13.0 Å². The van der Waals surface area contributed by atoms with Crippen molar-refractivity contribution in [2.24, 2.45) is 0 Å². The van der Waals surface area contributed by atoms with Crippen LogP contribution in [0.4, 0.5) is 4.79 Å². The van der Waals surface area contributed by atoms with Gasteiger partial charge >= 0.3 is 5.97 Å². The number of nitrogens with zero attached hydrogens (tertiary/aromatic N) is 1. The SMILES string of the molecule is CC[C@H](C)N1C(=O)S/C(=C/c2ccc(-c3cc(C(=O)OC)ccc3C)o2)C1=O. The Bertz CT molecular complexity index is 975. The summed E-state index contributed by atoms with van der Waals surface area (Å²) in [5.41, 5.74) is 2.12. The Morgan fingerprint density at radius 1 is 1.29 bits per heavy atom. The third-order valence-electron chi connectivity index (χ3n) is 4.68. The average molecular weight is 399 g/mol. The molecule has 0 unspecified atom stereocenters. The van der Waals surface area contributed by atoms with Gasteiger partial charge in [0.25, 0.3) is 11.1 Å². The number of benzene rings is 1. The summed E-state index contributed by atoms with van der Waals surface area (Å²) in [7, 11) is 1.33. The number of ether oxygens (including phenoxy) is 1. The van der Waals surface area contributed by atoms with Gasteiger partial charge in [-0.05, 0) is 61.9 Å². The number of rotatable bonds is 5. The first kappa shape index (κ1) is 19.9. The van der Waals surface area contributed by atoms with Crippen molar-refractivity contribution < 1.29 is 23.5 Å². The summed E-state index contributed by atoms with van der Waals surface area (Å²) >= 11 is 0.915. The highest BCUT2D eigenvalue weighted by Gasteiger charge is 2.37. The van der Waals surface area contributed by atoms with E-state index in [1.54, 1.807) is 30.3 Å². The molecule has 0 radical (unpaired) electrons. The Kier molecular flexibility index (Phi) is 5.74. The number of methoxy groups -OCH3 is 1. The first-order valence-corrected chi connectivity index (χ1v) is 9.73. The molecule has 0 bridgehead atoms. The molecule has 7 heteroatoms. The van der Waals surface area contributed by atoms with Gasteiger partial charge in [-0.25, -0.2) is 4.79 Å². The van der Waals surface area contributed by atoms with Gasteiger partial charge in [0.2, 0.25) is 0 Å². The quantitative estimate of drug-likeness (QED) is 0.527. The molecule has 1 aromatic heterocycles. The van der Waals surface area contributed by atoms with Crippen LogP contribution < -0.4 is 0 Å². The largest absolute Gasteiger partial charge is 0.465 e. The fourth-order valence-electron chi connectivity index (χ4n) is 2.88.